The molecule has 3 aromatic rings. The van der Waals surface area contributed by atoms with Crippen LogP contribution in [0.5, 0.6) is 5.75 Å². The highest BCUT2D eigenvalue weighted by Gasteiger charge is 2.15. The molecule has 0 aliphatic carbocycles. The number of benzene rings is 3. The average Bonchev–Trinajstić information content (AvgIpc) is 2.73. The van der Waals surface area contributed by atoms with Gasteiger partial charge in [-0.25, -0.2) is 5.43 Å². The van der Waals surface area contributed by atoms with Crippen molar-refractivity contribution >= 4 is 49.7 Å². The van der Waals surface area contributed by atoms with Crippen molar-refractivity contribution in [1.29, 1.82) is 0 Å². The Hall–Kier alpha value is -3.04. The van der Waals surface area contributed by atoms with Gasteiger partial charge in [0.1, 0.15) is 12.4 Å². The van der Waals surface area contributed by atoms with E-state index < -0.39 is 10.8 Å². The van der Waals surface area contributed by atoms with E-state index in [0.29, 0.717) is 17.9 Å². The molecule has 0 aliphatic heterocycles. The van der Waals surface area contributed by atoms with Crippen LogP contribution in [-0.4, -0.2) is 17.0 Å². The van der Waals surface area contributed by atoms with Gasteiger partial charge in [0.05, 0.1) is 26.5 Å². The maximum absolute atomic E-state index is 12.1. The van der Waals surface area contributed by atoms with Gasteiger partial charge in [-0.15, -0.1) is 0 Å². The summed E-state index contributed by atoms with van der Waals surface area (Å²) in [6.07, 6.45) is 1.34. The second kappa shape index (κ2) is 11.0. The van der Waals surface area contributed by atoms with Crippen LogP contribution in [0.25, 0.3) is 0 Å². The fourth-order valence-electron chi connectivity index (χ4n) is 2.98. The van der Waals surface area contributed by atoms with E-state index in [-0.39, 0.29) is 12.1 Å². The molecule has 1 N–H and O–H groups in total. The van der Waals surface area contributed by atoms with Gasteiger partial charge in [-0.3, -0.25) is 14.9 Å². The Kier molecular flexibility index (Phi) is 8.13. The van der Waals surface area contributed by atoms with Crippen molar-refractivity contribution in [3.8, 4) is 5.75 Å². The van der Waals surface area contributed by atoms with Gasteiger partial charge in [-0.1, -0.05) is 48.0 Å². The zero-order valence-electron chi connectivity index (χ0n) is 17.0. The number of hydrogen-bond donors (Lipinski definition) is 1. The number of nitrogens with zero attached hydrogens (tertiary/aromatic N) is 2. The SMILES string of the molecule is Cc1cccc(COc2c(Br)cc(/C=N/NC(=O)Cc3ccccc3[N+](=O)[O-])cc2Br)c1. The number of carbonyl (C=O) groups is 1. The van der Waals surface area contributed by atoms with Crippen LogP contribution in [0.4, 0.5) is 5.69 Å². The van der Waals surface area contributed by atoms with Crippen molar-refractivity contribution in [2.45, 2.75) is 20.0 Å². The predicted octanol–water partition coefficient (Wildman–Crippen LogP) is 5.70. The van der Waals surface area contributed by atoms with Crippen LogP contribution >= 0.6 is 31.9 Å². The number of hydrogen-bond acceptors (Lipinski definition) is 5. The van der Waals surface area contributed by atoms with E-state index in [1.54, 1.807) is 18.2 Å². The van der Waals surface area contributed by atoms with Crippen LogP contribution in [0.2, 0.25) is 0 Å². The van der Waals surface area contributed by atoms with Gasteiger partial charge in [-0.2, -0.15) is 5.10 Å². The number of amides is 1. The summed E-state index contributed by atoms with van der Waals surface area (Å²) in [5, 5.41) is 15.0. The Balaban J connectivity index is 1.61. The molecule has 0 fully saturated rings. The molecular formula is C23H19Br2N3O4. The fourth-order valence-corrected chi connectivity index (χ4v) is 4.43. The minimum absolute atomic E-state index is 0.0965. The number of ether oxygens (including phenoxy) is 1. The number of hydrazone groups is 1. The third-order valence-corrected chi connectivity index (χ3v) is 5.61. The van der Waals surface area contributed by atoms with Gasteiger partial charge in [0.15, 0.2) is 0 Å². The summed E-state index contributed by atoms with van der Waals surface area (Å²) >= 11 is 7.01. The van der Waals surface area contributed by atoms with Crippen LogP contribution in [-0.2, 0) is 17.8 Å². The van der Waals surface area contributed by atoms with E-state index >= 15 is 0 Å². The zero-order chi connectivity index (χ0) is 23.1. The number of halogens is 2. The molecule has 0 saturated heterocycles. The zero-order valence-corrected chi connectivity index (χ0v) is 20.2. The average molecular weight is 561 g/mol. The van der Waals surface area contributed by atoms with Crippen LogP contribution in [0.1, 0.15) is 22.3 Å². The summed E-state index contributed by atoms with van der Waals surface area (Å²) in [6, 6.07) is 17.8. The normalized spacial score (nSPS) is 10.8. The van der Waals surface area contributed by atoms with Crippen molar-refractivity contribution in [3.63, 3.8) is 0 Å². The van der Waals surface area contributed by atoms with Gasteiger partial charge in [0.25, 0.3) is 5.69 Å². The van der Waals surface area contributed by atoms with Crippen molar-refractivity contribution in [2.24, 2.45) is 5.10 Å². The molecule has 3 aromatic carbocycles. The van der Waals surface area contributed by atoms with Crippen molar-refractivity contribution in [3.05, 3.63) is 102 Å². The number of aryl methyl sites for hydroxylation is 1. The molecule has 0 atom stereocenters. The maximum atomic E-state index is 12.1. The summed E-state index contributed by atoms with van der Waals surface area (Å²) in [6.45, 7) is 2.46. The molecule has 0 heterocycles. The van der Waals surface area contributed by atoms with Gasteiger partial charge >= 0.3 is 0 Å². The van der Waals surface area contributed by atoms with E-state index in [2.05, 4.69) is 48.5 Å². The first-order chi connectivity index (χ1) is 15.3. The first-order valence-corrected chi connectivity index (χ1v) is 11.1. The van der Waals surface area contributed by atoms with E-state index in [4.69, 9.17) is 4.74 Å². The number of carbonyl (C=O) groups excluding carboxylic acids is 1. The first kappa shape index (κ1) is 23.6. The molecule has 32 heavy (non-hydrogen) atoms. The Morgan fingerprint density at radius 2 is 1.84 bits per heavy atom. The highest BCUT2D eigenvalue weighted by Crippen LogP contribution is 2.35. The first-order valence-electron chi connectivity index (χ1n) is 9.55. The third kappa shape index (κ3) is 6.48. The highest BCUT2D eigenvalue weighted by atomic mass is 79.9. The van der Waals surface area contributed by atoms with Gasteiger partial charge in [-0.05, 0) is 62.0 Å². The van der Waals surface area contributed by atoms with E-state index in [1.807, 2.05) is 37.3 Å². The second-order valence-electron chi connectivity index (χ2n) is 6.95. The van der Waals surface area contributed by atoms with Crippen LogP contribution in [0, 0.1) is 17.0 Å². The van der Waals surface area contributed by atoms with Crippen molar-refractivity contribution in [1.82, 2.24) is 5.43 Å². The lowest BCUT2D eigenvalue weighted by Crippen LogP contribution is -2.20. The molecular weight excluding hydrogens is 542 g/mol. The lowest BCUT2D eigenvalue weighted by molar-refractivity contribution is -0.385. The monoisotopic (exact) mass is 559 g/mol. The van der Waals surface area contributed by atoms with Crippen LogP contribution in [0.3, 0.4) is 0 Å². The van der Waals surface area contributed by atoms with Gasteiger partial charge in [0.2, 0.25) is 5.91 Å². The largest absolute Gasteiger partial charge is 0.487 e. The summed E-state index contributed by atoms with van der Waals surface area (Å²) < 4.78 is 7.40. The predicted molar refractivity (Wildman–Crippen MR) is 130 cm³/mol. The summed E-state index contributed by atoms with van der Waals surface area (Å²) in [5.41, 5.74) is 5.58. The highest BCUT2D eigenvalue weighted by molar-refractivity contribution is 9.11. The Bertz CT molecular complexity index is 1160. The molecule has 0 aromatic heterocycles. The van der Waals surface area contributed by atoms with E-state index in [0.717, 1.165) is 20.1 Å². The third-order valence-electron chi connectivity index (χ3n) is 4.43. The minimum Gasteiger partial charge on any atom is -0.487 e. The minimum atomic E-state index is -0.510. The topological polar surface area (TPSA) is 93.8 Å². The molecule has 7 nitrogen and oxygen atoms in total. The van der Waals surface area contributed by atoms with Crippen LogP contribution < -0.4 is 10.2 Å². The van der Waals surface area contributed by atoms with Crippen molar-refractivity contribution in [2.75, 3.05) is 0 Å². The fraction of sp³-hybridized carbons (Fsp3) is 0.130. The Morgan fingerprint density at radius 3 is 2.53 bits per heavy atom. The number of rotatable bonds is 8. The number of nitrogens with one attached hydrogen (secondary N) is 1. The quantitative estimate of drug-likeness (QED) is 0.217. The lowest BCUT2D eigenvalue weighted by atomic mass is 10.1. The number of nitro groups is 1. The van der Waals surface area contributed by atoms with Crippen LogP contribution in [0.15, 0.2) is 74.7 Å². The maximum Gasteiger partial charge on any atom is 0.273 e. The molecule has 164 valence electrons. The molecule has 9 heteroatoms. The van der Waals surface area contributed by atoms with E-state index in [1.165, 1.54) is 17.8 Å². The molecule has 0 bridgehead atoms. The lowest BCUT2D eigenvalue weighted by Gasteiger charge is -2.11. The molecule has 0 aliphatic rings. The summed E-state index contributed by atoms with van der Waals surface area (Å²) in [5.74, 6) is 0.205. The number of para-hydroxylation sites is 1. The van der Waals surface area contributed by atoms with E-state index in [9.17, 15) is 14.9 Å². The molecule has 0 unspecified atom stereocenters. The summed E-state index contributed by atoms with van der Waals surface area (Å²) in [7, 11) is 0. The molecule has 1 amide bonds. The van der Waals surface area contributed by atoms with Gasteiger partial charge in [0, 0.05) is 11.6 Å². The molecule has 0 spiro atoms. The van der Waals surface area contributed by atoms with Gasteiger partial charge < -0.3 is 4.74 Å². The molecule has 3 rings (SSSR count). The Morgan fingerprint density at radius 1 is 1.12 bits per heavy atom. The standard InChI is InChI=1S/C23H19Br2N3O4/c1-15-5-4-6-16(9-15)14-32-23-19(24)10-17(11-20(23)25)13-26-27-22(29)12-18-7-2-3-8-21(18)28(30)31/h2-11,13H,12,14H2,1H3,(H,27,29)/b26-13+. The summed E-state index contributed by atoms with van der Waals surface area (Å²) in [4.78, 5) is 22.7. The molecule has 0 radical (unpaired) electrons. The second-order valence-corrected chi connectivity index (χ2v) is 8.66. The molecule has 0 saturated carbocycles. The number of nitro benzene ring substituents is 1. The smallest absolute Gasteiger partial charge is 0.273 e. The van der Waals surface area contributed by atoms with Crippen molar-refractivity contribution < 1.29 is 14.5 Å². The Labute approximate surface area is 201 Å².